The van der Waals surface area contributed by atoms with Crippen LogP contribution in [0.3, 0.4) is 0 Å². The number of nitrogens with one attached hydrogen (secondary N) is 1. The van der Waals surface area contributed by atoms with Crippen molar-refractivity contribution in [3.63, 3.8) is 0 Å². The molecule has 2 heterocycles. The Morgan fingerprint density at radius 2 is 1.90 bits per heavy atom. The molecule has 2 atom stereocenters. The number of piperidine rings is 1. The molecular weight excluding hydrogens is 256 g/mol. The van der Waals surface area contributed by atoms with E-state index in [0.29, 0.717) is 6.04 Å². The molecule has 2 saturated heterocycles. The number of unbranched alkanes of at least 4 members (excludes halogenated alkanes) is 2. The highest BCUT2D eigenvalue weighted by Crippen LogP contribution is 2.29. The van der Waals surface area contributed by atoms with Gasteiger partial charge < -0.3 is 5.32 Å². The highest BCUT2D eigenvalue weighted by atomic mass is 15.2. The van der Waals surface area contributed by atoms with Crippen LogP contribution in [-0.2, 0) is 6.42 Å². The average molecular weight is 286 g/mol. The number of fused-ring (bicyclic) bond motifs is 1. The zero-order valence-corrected chi connectivity index (χ0v) is 13.5. The first-order valence-electron chi connectivity index (χ1n) is 8.96. The molecular formula is C19H30N2. The van der Waals surface area contributed by atoms with Crippen LogP contribution in [0.4, 0.5) is 5.69 Å². The van der Waals surface area contributed by atoms with Crippen LogP contribution in [0.1, 0.15) is 57.4 Å². The second-order valence-corrected chi connectivity index (χ2v) is 6.79. The van der Waals surface area contributed by atoms with Gasteiger partial charge in [-0.2, -0.15) is 0 Å². The lowest BCUT2D eigenvalue weighted by Crippen LogP contribution is -2.41. The van der Waals surface area contributed by atoms with Gasteiger partial charge in [-0.1, -0.05) is 38.3 Å². The monoisotopic (exact) mass is 286 g/mol. The van der Waals surface area contributed by atoms with Crippen LogP contribution in [0.2, 0.25) is 0 Å². The molecule has 2 aliphatic heterocycles. The van der Waals surface area contributed by atoms with Crippen molar-refractivity contribution in [2.45, 2.75) is 70.4 Å². The Balaban J connectivity index is 1.53. The summed E-state index contributed by atoms with van der Waals surface area (Å²) in [4.78, 5) is 2.69. The number of hydrogen-bond donors (Lipinski definition) is 1. The summed E-state index contributed by atoms with van der Waals surface area (Å²) in [6.45, 7) is 4.87. The predicted octanol–water partition coefficient (Wildman–Crippen LogP) is 4.46. The van der Waals surface area contributed by atoms with Crippen molar-refractivity contribution in [2.75, 3.05) is 18.4 Å². The van der Waals surface area contributed by atoms with E-state index >= 15 is 0 Å². The average Bonchev–Trinajstić information content (AvgIpc) is 2.93. The van der Waals surface area contributed by atoms with E-state index in [0.717, 1.165) is 6.04 Å². The number of rotatable bonds is 6. The number of benzene rings is 1. The Bertz CT molecular complexity index is 426. The third-order valence-electron chi connectivity index (χ3n) is 5.23. The van der Waals surface area contributed by atoms with Crippen molar-refractivity contribution in [2.24, 2.45) is 0 Å². The van der Waals surface area contributed by atoms with Gasteiger partial charge in [0.2, 0.25) is 0 Å². The van der Waals surface area contributed by atoms with Gasteiger partial charge in [0, 0.05) is 24.3 Å². The largest absolute Gasteiger partial charge is 0.381 e. The smallest absolute Gasteiger partial charge is 0.0428 e. The fourth-order valence-corrected chi connectivity index (χ4v) is 3.98. The van der Waals surface area contributed by atoms with Crippen molar-refractivity contribution < 1.29 is 0 Å². The molecule has 0 bridgehead atoms. The second-order valence-electron chi connectivity index (χ2n) is 6.79. The number of aryl methyl sites for hydroxylation is 1. The number of hydrogen-bond acceptors (Lipinski definition) is 2. The Labute approximate surface area is 129 Å². The van der Waals surface area contributed by atoms with Crippen LogP contribution in [0.15, 0.2) is 24.3 Å². The lowest BCUT2D eigenvalue weighted by atomic mass is 9.98. The minimum Gasteiger partial charge on any atom is -0.381 e. The van der Waals surface area contributed by atoms with Crippen molar-refractivity contribution in [3.8, 4) is 0 Å². The summed E-state index contributed by atoms with van der Waals surface area (Å²) in [6.07, 6.45) is 10.7. The van der Waals surface area contributed by atoms with Crippen LogP contribution < -0.4 is 5.32 Å². The molecule has 2 nitrogen and oxygen atoms in total. The van der Waals surface area contributed by atoms with Gasteiger partial charge >= 0.3 is 0 Å². The van der Waals surface area contributed by atoms with Gasteiger partial charge in [0.15, 0.2) is 0 Å². The first-order chi connectivity index (χ1) is 10.4. The molecule has 2 fully saturated rings. The van der Waals surface area contributed by atoms with Gasteiger partial charge in [0.1, 0.15) is 0 Å². The van der Waals surface area contributed by atoms with Gasteiger partial charge in [-0.15, -0.1) is 0 Å². The second kappa shape index (κ2) is 7.31. The Hall–Kier alpha value is -1.02. The Kier molecular flexibility index (Phi) is 5.18. The minimum absolute atomic E-state index is 0.663. The maximum Gasteiger partial charge on any atom is 0.0428 e. The summed E-state index contributed by atoms with van der Waals surface area (Å²) in [5.41, 5.74) is 2.80. The lowest BCUT2D eigenvalue weighted by molar-refractivity contribution is 0.193. The van der Waals surface area contributed by atoms with E-state index in [1.165, 1.54) is 75.7 Å². The lowest BCUT2D eigenvalue weighted by Gasteiger charge is -2.33. The van der Waals surface area contributed by atoms with Gasteiger partial charge in [0.05, 0.1) is 0 Å². The van der Waals surface area contributed by atoms with E-state index in [-0.39, 0.29) is 0 Å². The Morgan fingerprint density at radius 3 is 2.71 bits per heavy atom. The predicted molar refractivity (Wildman–Crippen MR) is 90.9 cm³/mol. The molecule has 3 rings (SSSR count). The summed E-state index contributed by atoms with van der Waals surface area (Å²) < 4.78 is 0. The molecule has 0 aromatic heterocycles. The Morgan fingerprint density at radius 1 is 1.05 bits per heavy atom. The van der Waals surface area contributed by atoms with Crippen LogP contribution in [0, 0.1) is 0 Å². The van der Waals surface area contributed by atoms with Gasteiger partial charge in [-0.05, 0) is 56.3 Å². The van der Waals surface area contributed by atoms with E-state index in [1.54, 1.807) is 0 Å². The van der Waals surface area contributed by atoms with Crippen LogP contribution in [0.5, 0.6) is 0 Å². The summed E-state index contributed by atoms with van der Waals surface area (Å²) in [6, 6.07) is 10.6. The van der Waals surface area contributed by atoms with E-state index in [9.17, 15) is 0 Å². The molecule has 2 heteroatoms. The molecule has 2 aliphatic rings. The number of nitrogens with zero attached hydrogens (tertiary/aromatic N) is 1. The quantitative estimate of drug-likeness (QED) is 0.777. The van der Waals surface area contributed by atoms with Crippen molar-refractivity contribution >= 4 is 5.69 Å². The third-order valence-corrected chi connectivity index (χ3v) is 5.23. The van der Waals surface area contributed by atoms with Gasteiger partial charge in [-0.25, -0.2) is 0 Å². The third kappa shape index (κ3) is 3.79. The summed E-state index contributed by atoms with van der Waals surface area (Å²) in [5, 5.41) is 3.79. The summed E-state index contributed by atoms with van der Waals surface area (Å²) in [7, 11) is 0. The molecule has 0 saturated carbocycles. The molecule has 1 aromatic rings. The van der Waals surface area contributed by atoms with E-state index in [2.05, 4.69) is 41.4 Å². The maximum atomic E-state index is 3.79. The fraction of sp³-hybridized carbons (Fsp3) is 0.684. The zero-order chi connectivity index (χ0) is 14.5. The molecule has 116 valence electrons. The standard InChI is InChI=1S/C19H30N2/c1-2-3-4-7-16-9-11-17(12-10-16)20-18-13-15-21-14-6-5-8-19(18)21/h9-12,18-20H,2-8,13-15H2,1H3. The SMILES string of the molecule is CCCCCc1ccc(NC2CCN3CCCCC23)cc1. The van der Waals surface area contributed by atoms with Crippen LogP contribution >= 0.6 is 0 Å². The zero-order valence-electron chi connectivity index (χ0n) is 13.5. The van der Waals surface area contributed by atoms with E-state index in [4.69, 9.17) is 0 Å². The van der Waals surface area contributed by atoms with Gasteiger partial charge in [-0.3, -0.25) is 4.90 Å². The number of anilines is 1. The fourth-order valence-electron chi connectivity index (χ4n) is 3.98. The van der Waals surface area contributed by atoms with Crippen LogP contribution in [-0.4, -0.2) is 30.1 Å². The molecule has 1 aromatic carbocycles. The molecule has 2 unspecified atom stereocenters. The molecule has 21 heavy (non-hydrogen) atoms. The molecule has 0 radical (unpaired) electrons. The first kappa shape index (κ1) is 14.9. The topological polar surface area (TPSA) is 15.3 Å². The van der Waals surface area contributed by atoms with Crippen molar-refractivity contribution in [1.82, 2.24) is 4.90 Å². The summed E-state index contributed by atoms with van der Waals surface area (Å²) in [5.74, 6) is 0. The molecule has 0 spiro atoms. The van der Waals surface area contributed by atoms with Gasteiger partial charge in [0.25, 0.3) is 0 Å². The highest BCUT2D eigenvalue weighted by Gasteiger charge is 2.35. The van der Waals surface area contributed by atoms with Crippen molar-refractivity contribution in [3.05, 3.63) is 29.8 Å². The normalized spacial score (nSPS) is 25.8. The van der Waals surface area contributed by atoms with Crippen LogP contribution in [0.25, 0.3) is 0 Å². The summed E-state index contributed by atoms with van der Waals surface area (Å²) >= 11 is 0. The first-order valence-corrected chi connectivity index (χ1v) is 8.96. The van der Waals surface area contributed by atoms with E-state index in [1.807, 2.05) is 0 Å². The maximum absolute atomic E-state index is 3.79. The highest BCUT2D eigenvalue weighted by molar-refractivity contribution is 5.46. The minimum atomic E-state index is 0.663. The van der Waals surface area contributed by atoms with Crippen molar-refractivity contribution in [1.29, 1.82) is 0 Å². The molecule has 1 N–H and O–H groups in total. The van der Waals surface area contributed by atoms with E-state index < -0.39 is 0 Å². The molecule has 0 amide bonds. The molecule has 0 aliphatic carbocycles.